The SMILES string of the molecule is C[C@H](O)[C@@H](N/C(=N\Cc1ccc(Cl)cc1)N1C[C@@H](c2ccccc2)C(c2ccc(Cl)cc2)=N1)C(N)=O. The smallest absolute Gasteiger partial charge is 0.242 e. The second kappa shape index (κ2) is 11.6. The fourth-order valence-corrected chi connectivity index (χ4v) is 4.24. The first-order valence-electron chi connectivity index (χ1n) is 11.5. The number of aliphatic hydroxyl groups is 1. The van der Waals surface area contributed by atoms with Gasteiger partial charge in [0.05, 0.1) is 24.9 Å². The van der Waals surface area contributed by atoms with Crippen molar-refractivity contribution < 1.29 is 9.90 Å². The highest BCUT2D eigenvalue weighted by molar-refractivity contribution is 6.31. The summed E-state index contributed by atoms with van der Waals surface area (Å²) in [4.78, 5) is 16.8. The number of benzene rings is 3. The van der Waals surface area contributed by atoms with Crippen molar-refractivity contribution in [3.8, 4) is 0 Å². The lowest BCUT2D eigenvalue weighted by Crippen LogP contribution is -2.54. The van der Waals surface area contributed by atoms with E-state index in [1.54, 1.807) is 17.1 Å². The number of nitrogens with two attached hydrogens (primary N) is 1. The Kier molecular flexibility index (Phi) is 8.25. The molecule has 0 saturated carbocycles. The first-order chi connectivity index (χ1) is 17.3. The van der Waals surface area contributed by atoms with E-state index in [1.807, 2.05) is 54.6 Å². The summed E-state index contributed by atoms with van der Waals surface area (Å²) in [5.41, 5.74) is 9.34. The summed E-state index contributed by atoms with van der Waals surface area (Å²) in [6, 6.07) is 23.9. The summed E-state index contributed by atoms with van der Waals surface area (Å²) in [6.45, 7) is 2.28. The van der Waals surface area contributed by atoms with Gasteiger partial charge in [-0.2, -0.15) is 5.10 Å². The van der Waals surface area contributed by atoms with Gasteiger partial charge in [0.25, 0.3) is 0 Å². The Labute approximate surface area is 220 Å². The number of aliphatic hydroxyl groups excluding tert-OH is 1. The maximum absolute atomic E-state index is 12.1. The van der Waals surface area contributed by atoms with E-state index in [0.29, 0.717) is 29.1 Å². The zero-order valence-electron chi connectivity index (χ0n) is 19.7. The Morgan fingerprint density at radius 3 is 2.28 bits per heavy atom. The molecular weight excluding hydrogens is 497 g/mol. The molecule has 0 fully saturated rings. The Bertz CT molecular complexity index is 1250. The summed E-state index contributed by atoms with van der Waals surface area (Å²) in [5.74, 6) is -0.419. The number of hydrogen-bond donors (Lipinski definition) is 3. The van der Waals surface area contributed by atoms with Crippen LogP contribution in [0.1, 0.15) is 29.5 Å². The quantitative estimate of drug-likeness (QED) is 0.319. The second-order valence-corrected chi connectivity index (χ2v) is 9.44. The third-order valence-corrected chi connectivity index (χ3v) is 6.40. The van der Waals surface area contributed by atoms with Crippen molar-refractivity contribution in [1.29, 1.82) is 0 Å². The number of carbonyl (C=O) groups is 1. The molecule has 36 heavy (non-hydrogen) atoms. The van der Waals surface area contributed by atoms with Crippen LogP contribution in [0.2, 0.25) is 10.0 Å². The lowest BCUT2D eigenvalue weighted by atomic mass is 9.91. The number of hydrogen-bond acceptors (Lipinski definition) is 4. The van der Waals surface area contributed by atoms with Crippen LogP contribution in [-0.2, 0) is 11.3 Å². The Morgan fingerprint density at radius 1 is 1.08 bits per heavy atom. The molecule has 0 aliphatic carbocycles. The van der Waals surface area contributed by atoms with Crippen LogP contribution >= 0.6 is 23.2 Å². The minimum atomic E-state index is -1.04. The monoisotopic (exact) mass is 523 g/mol. The molecule has 1 heterocycles. The summed E-state index contributed by atoms with van der Waals surface area (Å²) in [6.07, 6.45) is -1.03. The van der Waals surface area contributed by atoms with E-state index in [0.717, 1.165) is 22.4 Å². The van der Waals surface area contributed by atoms with Crippen LogP contribution in [0.25, 0.3) is 0 Å². The van der Waals surface area contributed by atoms with Crippen molar-refractivity contribution in [2.75, 3.05) is 6.54 Å². The molecule has 4 N–H and O–H groups in total. The van der Waals surface area contributed by atoms with Crippen molar-refractivity contribution >= 4 is 40.8 Å². The highest BCUT2D eigenvalue weighted by Gasteiger charge is 2.33. The van der Waals surface area contributed by atoms with Gasteiger partial charge in [0.2, 0.25) is 11.9 Å². The van der Waals surface area contributed by atoms with Crippen molar-refractivity contribution in [1.82, 2.24) is 10.3 Å². The standard InChI is InChI=1S/C27H27Cl2N5O2/c1-17(35)24(26(30)36)32-27(31-15-18-7-11-21(28)12-8-18)34-16-23(19-5-3-2-4-6-19)25(33-34)20-9-13-22(29)14-10-20/h2-14,17,23-24,35H,15-16H2,1H3,(H2,30,36)(H,31,32)/t17-,23-,24+/m0/s1. The first kappa shape index (κ1) is 25.7. The summed E-state index contributed by atoms with van der Waals surface area (Å²) in [7, 11) is 0. The van der Waals surface area contributed by atoms with Gasteiger partial charge in [-0.3, -0.25) is 4.79 Å². The van der Waals surface area contributed by atoms with Crippen molar-refractivity contribution in [3.63, 3.8) is 0 Å². The number of halogens is 2. The largest absolute Gasteiger partial charge is 0.391 e. The van der Waals surface area contributed by atoms with Gasteiger partial charge in [-0.1, -0.05) is 77.8 Å². The third-order valence-electron chi connectivity index (χ3n) is 5.90. The predicted molar refractivity (Wildman–Crippen MR) is 144 cm³/mol. The molecule has 9 heteroatoms. The van der Waals surface area contributed by atoms with E-state index < -0.39 is 18.1 Å². The van der Waals surface area contributed by atoms with Crippen LogP contribution in [0, 0.1) is 0 Å². The normalized spacial score (nSPS) is 17.4. The number of hydrazone groups is 1. The molecule has 3 aromatic carbocycles. The first-order valence-corrected chi connectivity index (χ1v) is 12.3. The molecule has 1 aliphatic rings. The van der Waals surface area contributed by atoms with Gasteiger partial charge in [-0.05, 0) is 47.9 Å². The van der Waals surface area contributed by atoms with Gasteiger partial charge >= 0.3 is 0 Å². The molecule has 3 atom stereocenters. The van der Waals surface area contributed by atoms with Crippen molar-refractivity contribution in [3.05, 3.63) is 106 Å². The molecule has 0 spiro atoms. The van der Waals surface area contributed by atoms with Gasteiger partial charge in [0, 0.05) is 16.0 Å². The molecule has 1 amide bonds. The van der Waals surface area contributed by atoms with Crippen LogP contribution < -0.4 is 11.1 Å². The van der Waals surface area contributed by atoms with E-state index in [4.69, 9.17) is 39.0 Å². The fourth-order valence-electron chi connectivity index (χ4n) is 3.99. The number of nitrogens with one attached hydrogen (secondary N) is 1. The van der Waals surface area contributed by atoms with Gasteiger partial charge in [-0.25, -0.2) is 10.0 Å². The molecule has 1 aliphatic heterocycles. The number of rotatable bonds is 7. The zero-order chi connectivity index (χ0) is 25.7. The highest BCUT2D eigenvalue weighted by Crippen LogP contribution is 2.29. The van der Waals surface area contributed by atoms with Crippen LogP contribution in [0.4, 0.5) is 0 Å². The summed E-state index contributed by atoms with van der Waals surface area (Å²) < 4.78 is 0. The third kappa shape index (κ3) is 6.23. The minimum absolute atomic E-state index is 0.0616. The van der Waals surface area contributed by atoms with Gasteiger partial charge in [0.1, 0.15) is 6.04 Å². The lowest BCUT2D eigenvalue weighted by molar-refractivity contribution is -0.121. The molecule has 186 valence electrons. The van der Waals surface area contributed by atoms with Crippen molar-refractivity contribution in [2.45, 2.75) is 31.5 Å². The van der Waals surface area contributed by atoms with Crippen LogP contribution in [-0.4, -0.2) is 46.4 Å². The van der Waals surface area contributed by atoms with E-state index in [1.165, 1.54) is 6.92 Å². The van der Waals surface area contributed by atoms with Gasteiger partial charge in [0.15, 0.2) is 0 Å². The number of carbonyl (C=O) groups excluding carboxylic acids is 1. The summed E-state index contributed by atoms with van der Waals surface area (Å²) >= 11 is 12.1. The molecule has 0 radical (unpaired) electrons. The van der Waals surface area contributed by atoms with E-state index in [9.17, 15) is 9.90 Å². The molecular formula is C27H27Cl2N5O2. The molecule has 0 unspecified atom stereocenters. The van der Waals surface area contributed by atoms with Gasteiger partial charge < -0.3 is 16.2 Å². The Morgan fingerprint density at radius 2 is 1.69 bits per heavy atom. The molecule has 4 rings (SSSR count). The fraction of sp³-hybridized carbons (Fsp3) is 0.222. The Balaban J connectivity index is 1.72. The molecule has 3 aromatic rings. The number of primary amides is 1. The second-order valence-electron chi connectivity index (χ2n) is 8.57. The Hall–Kier alpha value is -3.39. The van der Waals surface area contributed by atoms with Crippen LogP contribution in [0.5, 0.6) is 0 Å². The predicted octanol–water partition coefficient (Wildman–Crippen LogP) is 4.18. The van der Waals surface area contributed by atoms with Crippen molar-refractivity contribution in [2.24, 2.45) is 15.8 Å². The molecule has 0 aromatic heterocycles. The molecule has 0 saturated heterocycles. The van der Waals surface area contributed by atoms with E-state index >= 15 is 0 Å². The lowest BCUT2D eigenvalue weighted by Gasteiger charge is -2.25. The summed E-state index contributed by atoms with van der Waals surface area (Å²) in [5, 5.41) is 21.1. The number of guanidine groups is 1. The van der Waals surface area contributed by atoms with Crippen LogP contribution in [0.3, 0.4) is 0 Å². The number of aliphatic imine (C=N–C) groups is 1. The van der Waals surface area contributed by atoms with Crippen LogP contribution in [0.15, 0.2) is 89.0 Å². The van der Waals surface area contributed by atoms with E-state index in [-0.39, 0.29) is 5.92 Å². The number of nitrogens with zero attached hydrogens (tertiary/aromatic N) is 3. The average molecular weight is 524 g/mol. The zero-order valence-corrected chi connectivity index (χ0v) is 21.2. The average Bonchev–Trinajstić information content (AvgIpc) is 3.31. The maximum Gasteiger partial charge on any atom is 0.242 e. The highest BCUT2D eigenvalue weighted by atomic mass is 35.5. The maximum atomic E-state index is 12.1. The topological polar surface area (TPSA) is 103 Å². The van der Waals surface area contributed by atoms with E-state index in [2.05, 4.69) is 17.4 Å². The minimum Gasteiger partial charge on any atom is -0.391 e. The molecule has 7 nitrogen and oxygen atoms in total. The number of amides is 1. The molecule has 0 bridgehead atoms. The van der Waals surface area contributed by atoms with Gasteiger partial charge in [-0.15, -0.1) is 0 Å².